The molecule has 0 bridgehead atoms. The number of benzene rings is 1. The summed E-state index contributed by atoms with van der Waals surface area (Å²) >= 11 is 0. The van der Waals surface area contributed by atoms with E-state index in [4.69, 9.17) is 0 Å². The van der Waals surface area contributed by atoms with Gasteiger partial charge >= 0.3 is 0 Å². The summed E-state index contributed by atoms with van der Waals surface area (Å²) in [6.45, 7) is 7.75. The van der Waals surface area contributed by atoms with E-state index >= 15 is 0 Å². The van der Waals surface area contributed by atoms with Crippen molar-refractivity contribution >= 4 is 12.1 Å². The van der Waals surface area contributed by atoms with Gasteiger partial charge in [-0.15, -0.1) is 5.92 Å². The van der Waals surface area contributed by atoms with Crippen molar-refractivity contribution in [2.75, 3.05) is 0 Å². The van der Waals surface area contributed by atoms with Crippen molar-refractivity contribution in [2.24, 2.45) is 11.8 Å². The predicted octanol–water partition coefficient (Wildman–Crippen LogP) is 4.22. The Labute approximate surface area is 143 Å². The van der Waals surface area contributed by atoms with Crippen LogP contribution >= 0.6 is 0 Å². The van der Waals surface area contributed by atoms with Crippen LogP contribution in [0.1, 0.15) is 57.1 Å². The third-order valence-electron chi connectivity index (χ3n) is 4.07. The van der Waals surface area contributed by atoms with Crippen molar-refractivity contribution in [3.63, 3.8) is 0 Å². The molecule has 1 rings (SSSR count). The van der Waals surface area contributed by atoms with Gasteiger partial charge in [0.1, 0.15) is 5.78 Å². The molecule has 3 unspecified atom stereocenters. The maximum Gasteiger partial charge on any atom is 0.130 e. The van der Waals surface area contributed by atoms with Gasteiger partial charge in [-0.1, -0.05) is 56.5 Å². The minimum absolute atomic E-state index is 0. The predicted molar refractivity (Wildman–Crippen MR) is 82.5 cm³/mol. The third kappa shape index (κ3) is 5.51. The summed E-state index contributed by atoms with van der Waals surface area (Å²) in [5, 5.41) is 0. The zero-order valence-electron chi connectivity index (χ0n) is 13.4. The van der Waals surface area contributed by atoms with Gasteiger partial charge in [0.15, 0.2) is 0 Å². The van der Waals surface area contributed by atoms with Gasteiger partial charge in [-0.3, -0.25) is 11.1 Å². The Bertz CT molecular complexity index is 439. The van der Waals surface area contributed by atoms with E-state index in [0.717, 1.165) is 24.8 Å². The van der Waals surface area contributed by atoms with Gasteiger partial charge in [0.25, 0.3) is 0 Å². The molecule has 1 aromatic carbocycles. The maximum atomic E-state index is 11.9. The van der Waals surface area contributed by atoms with Gasteiger partial charge < -0.3 is 4.79 Å². The van der Waals surface area contributed by atoms with Gasteiger partial charge in [0.2, 0.25) is 0 Å². The van der Waals surface area contributed by atoms with Crippen LogP contribution in [0.15, 0.2) is 24.3 Å². The number of hydrogen-bond acceptors (Lipinski definition) is 2. The van der Waals surface area contributed by atoms with Crippen molar-refractivity contribution < 1.29 is 30.7 Å². The molecule has 3 atom stereocenters. The number of rotatable bonds is 8. The Balaban J connectivity index is 0.00000400. The van der Waals surface area contributed by atoms with Gasteiger partial charge in [-0.25, -0.2) is 0 Å². The Hall–Kier alpha value is -0.752. The number of aryl methyl sites for hydroxylation is 1. The van der Waals surface area contributed by atoms with Crippen LogP contribution in [-0.4, -0.2) is 12.1 Å². The first-order valence-corrected chi connectivity index (χ1v) is 7.49. The van der Waals surface area contributed by atoms with Gasteiger partial charge in [-0.2, -0.15) is 0 Å². The monoisotopic (exact) mass is 371 g/mol. The van der Waals surface area contributed by atoms with Crippen LogP contribution in [0.2, 0.25) is 0 Å². The normalized spacial score (nSPS) is 14.7. The molecule has 21 heavy (non-hydrogen) atoms. The van der Waals surface area contributed by atoms with Crippen molar-refractivity contribution in [2.45, 2.75) is 52.9 Å². The molecule has 1 aromatic rings. The second-order valence-corrected chi connectivity index (χ2v) is 5.57. The van der Waals surface area contributed by atoms with Gasteiger partial charge in [0, 0.05) is 21.1 Å². The molecule has 0 heterocycles. The van der Waals surface area contributed by atoms with Crippen LogP contribution in [0.5, 0.6) is 0 Å². The second-order valence-electron chi connectivity index (χ2n) is 5.57. The SMILES string of the molecule is CCCC(C(C)=O)C([C-]=O)C(CC)c1ccc(C)cc1.[Mo]. The smallest absolute Gasteiger partial charge is 0.130 e. The summed E-state index contributed by atoms with van der Waals surface area (Å²) in [5.74, 6) is -0.358. The van der Waals surface area contributed by atoms with Gasteiger partial charge in [-0.05, 0) is 37.7 Å². The van der Waals surface area contributed by atoms with Crippen LogP contribution in [0.4, 0.5) is 0 Å². The largest absolute Gasteiger partial charge is 0.541 e. The number of hydrogen-bond donors (Lipinski definition) is 0. The molecule has 0 aliphatic rings. The molecule has 0 radical (unpaired) electrons. The van der Waals surface area contributed by atoms with Crippen molar-refractivity contribution in [1.82, 2.24) is 0 Å². The molecule has 3 heteroatoms. The molecule has 0 amide bonds. The summed E-state index contributed by atoms with van der Waals surface area (Å²) in [7, 11) is 0. The standard InChI is InChI=1S/C18H25O2.Mo/c1-5-7-17(14(4)20)18(12-19)16(6-2)15-10-8-13(3)9-11-15;/h8-11,16-18H,5-7H2,1-4H3;/q-1;. The van der Waals surface area contributed by atoms with Crippen LogP contribution in [0, 0.1) is 18.8 Å². The molecule has 0 aliphatic carbocycles. The average Bonchev–Trinajstić information content (AvgIpc) is 2.44. The molecular weight excluding hydrogens is 344 g/mol. The van der Waals surface area contributed by atoms with Crippen molar-refractivity contribution in [3.8, 4) is 0 Å². The van der Waals surface area contributed by atoms with E-state index in [1.165, 1.54) is 5.56 Å². The molecule has 116 valence electrons. The Morgan fingerprint density at radius 2 is 1.76 bits per heavy atom. The van der Waals surface area contributed by atoms with Crippen LogP contribution < -0.4 is 0 Å². The molecular formula is C18H25MoO2-. The molecule has 0 aromatic heterocycles. The molecule has 0 saturated carbocycles. The van der Waals surface area contributed by atoms with Crippen molar-refractivity contribution in [3.05, 3.63) is 35.4 Å². The van der Waals surface area contributed by atoms with E-state index < -0.39 is 0 Å². The molecule has 0 saturated heterocycles. The van der Waals surface area contributed by atoms with Crippen molar-refractivity contribution in [1.29, 1.82) is 0 Å². The topological polar surface area (TPSA) is 34.1 Å². The average molecular weight is 369 g/mol. The summed E-state index contributed by atoms with van der Waals surface area (Å²) < 4.78 is 0. The fourth-order valence-electron chi connectivity index (χ4n) is 2.90. The minimum atomic E-state index is -0.333. The van der Waals surface area contributed by atoms with Crippen LogP contribution in [-0.2, 0) is 30.7 Å². The maximum absolute atomic E-state index is 11.9. The second kappa shape index (κ2) is 10.1. The minimum Gasteiger partial charge on any atom is -0.541 e. The number of Topliss-reactive ketones (excluding diaryl/α,β-unsaturated/α-hetero) is 1. The Kier molecular flexibility index (Phi) is 9.69. The van der Waals surface area contributed by atoms with E-state index in [1.54, 1.807) is 6.92 Å². The molecule has 0 N–H and O–H groups in total. The van der Waals surface area contributed by atoms with E-state index in [1.807, 2.05) is 13.8 Å². The van der Waals surface area contributed by atoms with Crippen LogP contribution in [0.25, 0.3) is 0 Å². The number of carbonyl (C=O) groups is 1. The first-order valence-electron chi connectivity index (χ1n) is 7.49. The first-order chi connectivity index (χ1) is 9.54. The summed E-state index contributed by atoms with van der Waals surface area (Å²) in [6, 6.07) is 8.25. The zero-order valence-corrected chi connectivity index (χ0v) is 15.4. The summed E-state index contributed by atoms with van der Waals surface area (Å²) in [5.41, 5.74) is 2.33. The van der Waals surface area contributed by atoms with E-state index in [-0.39, 0.29) is 44.6 Å². The summed E-state index contributed by atoms with van der Waals surface area (Å²) in [4.78, 5) is 23.4. The number of carbonyl (C=O) groups excluding carboxylic acids is 2. The fraction of sp³-hybridized carbons (Fsp3) is 0.556. The summed E-state index contributed by atoms with van der Waals surface area (Å²) in [6.07, 6.45) is 4.68. The number of ketones is 1. The quantitative estimate of drug-likeness (QED) is 0.508. The van der Waals surface area contributed by atoms with Crippen LogP contribution in [0.3, 0.4) is 0 Å². The fourth-order valence-corrected chi connectivity index (χ4v) is 2.90. The van der Waals surface area contributed by atoms with E-state index in [2.05, 4.69) is 37.5 Å². The van der Waals surface area contributed by atoms with E-state index in [0.29, 0.717) is 0 Å². The third-order valence-corrected chi connectivity index (χ3v) is 4.07. The molecule has 0 spiro atoms. The molecule has 0 fully saturated rings. The zero-order chi connectivity index (χ0) is 15.1. The van der Waals surface area contributed by atoms with Gasteiger partial charge in [0.05, 0.1) is 0 Å². The Morgan fingerprint density at radius 1 is 1.19 bits per heavy atom. The molecule has 0 aliphatic heterocycles. The first kappa shape index (κ1) is 20.2. The van der Waals surface area contributed by atoms with E-state index in [9.17, 15) is 9.59 Å². The molecule has 2 nitrogen and oxygen atoms in total. The Morgan fingerprint density at radius 3 is 2.14 bits per heavy atom.